The number of hydrogen-bond donors (Lipinski definition) is 1. The van der Waals surface area contributed by atoms with Gasteiger partial charge in [-0.25, -0.2) is 0 Å². The molecule has 0 radical (unpaired) electrons. The molecule has 1 saturated heterocycles. The van der Waals surface area contributed by atoms with E-state index in [1.54, 1.807) is 0 Å². The molecule has 7 nitrogen and oxygen atoms in total. The second kappa shape index (κ2) is 5.26. The van der Waals surface area contributed by atoms with Crippen LogP contribution in [0.2, 0.25) is 0 Å². The molecular weight excluding hydrogens is 240 g/mol. The van der Waals surface area contributed by atoms with Gasteiger partial charge in [-0.3, -0.25) is 14.1 Å². The Hall–Kier alpha value is -1.15. The zero-order chi connectivity index (χ0) is 12.2. The molecule has 0 saturated carbocycles. The monoisotopic (exact) mass is 252 g/mol. The predicted molar refractivity (Wildman–Crippen MR) is 51.1 cm³/mol. The molecule has 1 N–H and O–H groups in total. The van der Waals surface area contributed by atoms with Crippen LogP contribution in [-0.2, 0) is 29.2 Å². The molecule has 1 rings (SSSR count). The smallest absolute Gasteiger partial charge is 0.327 e. The van der Waals surface area contributed by atoms with Crippen LogP contribution in [0.15, 0.2) is 0 Å². The fourth-order valence-corrected chi connectivity index (χ4v) is 1.83. The maximum atomic E-state index is 11.3. The first-order valence-electron chi connectivity index (χ1n) is 4.70. The Morgan fingerprint density at radius 1 is 1.12 bits per heavy atom. The minimum Gasteiger partial charge on any atom is -0.466 e. The summed E-state index contributed by atoms with van der Waals surface area (Å²) in [6.45, 7) is 0.191. The lowest BCUT2D eigenvalue weighted by Gasteiger charge is -2.15. The van der Waals surface area contributed by atoms with Crippen molar-refractivity contribution in [2.75, 3.05) is 13.2 Å². The number of ether oxygens (including phenoxy) is 2. The van der Waals surface area contributed by atoms with Crippen molar-refractivity contribution in [1.29, 1.82) is 0 Å². The van der Waals surface area contributed by atoms with Crippen molar-refractivity contribution >= 4 is 22.1 Å². The summed E-state index contributed by atoms with van der Waals surface area (Å²) in [6, 6.07) is 0. The van der Waals surface area contributed by atoms with Gasteiger partial charge in [0.05, 0.1) is 19.6 Å². The van der Waals surface area contributed by atoms with Gasteiger partial charge in [0.25, 0.3) is 10.1 Å². The molecule has 1 aliphatic heterocycles. The second-order valence-electron chi connectivity index (χ2n) is 3.30. The molecule has 0 aromatic carbocycles. The third-order valence-corrected chi connectivity index (χ3v) is 3.10. The average molecular weight is 252 g/mol. The molecule has 1 heterocycles. The fourth-order valence-electron chi connectivity index (χ4n) is 1.18. The summed E-state index contributed by atoms with van der Waals surface area (Å²) in [7, 11) is -4.65. The summed E-state index contributed by atoms with van der Waals surface area (Å²) in [5.41, 5.74) is 0. The molecule has 16 heavy (non-hydrogen) atoms. The highest BCUT2D eigenvalue weighted by atomic mass is 32.2. The van der Waals surface area contributed by atoms with Gasteiger partial charge in [-0.2, -0.15) is 8.42 Å². The SMILES string of the molecule is O=C1CC(S(=O)(=O)O)C(=O)OCCCCO1. The molecule has 8 heteroatoms. The van der Waals surface area contributed by atoms with Gasteiger partial charge in [-0.05, 0) is 12.8 Å². The second-order valence-corrected chi connectivity index (χ2v) is 4.90. The molecule has 0 aromatic heterocycles. The van der Waals surface area contributed by atoms with Gasteiger partial charge in [0, 0.05) is 0 Å². The van der Waals surface area contributed by atoms with Crippen molar-refractivity contribution in [3.63, 3.8) is 0 Å². The Morgan fingerprint density at radius 3 is 2.25 bits per heavy atom. The van der Waals surface area contributed by atoms with Crippen LogP contribution in [0.4, 0.5) is 0 Å². The van der Waals surface area contributed by atoms with Gasteiger partial charge in [-0.15, -0.1) is 0 Å². The van der Waals surface area contributed by atoms with E-state index in [4.69, 9.17) is 4.55 Å². The largest absolute Gasteiger partial charge is 0.466 e. The van der Waals surface area contributed by atoms with Crippen LogP contribution < -0.4 is 0 Å². The first-order chi connectivity index (χ1) is 7.41. The summed E-state index contributed by atoms with van der Waals surface area (Å²) >= 11 is 0. The van der Waals surface area contributed by atoms with Gasteiger partial charge in [-0.1, -0.05) is 0 Å². The molecular formula is C8H12O7S. The molecule has 1 atom stereocenters. The highest BCUT2D eigenvalue weighted by Crippen LogP contribution is 2.10. The number of hydrogen-bond acceptors (Lipinski definition) is 6. The van der Waals surface area contributed by atoms with E-state index in [2.05, 4.69) is 9.47 Å². The van der Waals surface area contributed by atoms with Crippen LogP contribution >= 0.6 is 0 Å². The van der Waals surface area contributed by atoms with Crippen LogP contribution in [-0.4, -0.2) is 43.4 Å². The average Bonchev–Trinajstić information content (AvgIpc) is 2.17. The Kier molecular flexibility index (Phi) is 4.25. The van der Waals surface area contributed by atoms with Crippen molar-refractivity contribution in [1.82, 2.24) is 0 Å². The zero-order valence-electron chi connectivity index (χ0n) is 8.42. The molecule has 1 unspecified atom stereocenters. The topological polar surface area (TPSA) is 107 Å². The predicted octanol–water partition coefficient (Wildman–Crippen LogP) is -0.487. The Bertz CT molecular complexity index is 372. The van der Waals surface area contributed by atoms with E-state index in [-0.39, 0.29) is 13.2 Å². The van der Waals surface area contributed by atoms with Crippen LogP contribution in [0.5, 0.6) is 0 Å². The Morgan fingerprint density at radius 2 is 1.69 bits per heavy atom. The third kappa shape index (κ3) is 3.78. The van der Waals surface area contributed by atoms with E-state index in [0.29, 0.717) is 12.8 Å². The van der Waals surface area contributed by atoms with E-state index in [1.165, 1.54) is 0 Å². The normalized spacial score (nSPS) is 24.4. The number of cyclic esters (lactones) is 2. The Labute approximate surface area is 92.5 Å². The van der Waals surface area contributed by atoms with Crippen LogP contribution in [0.1, 0.15) is 19.3 Å². The zero-order valence-corrected chi connectivity index (χ0v) is 9.23. The van der Waals surface area contributed by atoms with Crippen molar-refractivity contribution in [3.8, 4) is 0 Å². The molecule has 0 spiro atoms. The minimum absolute atomic E-state index is 0.0441. The van der Waals surface area contributed by atoms with Crippen molar-refractivity contribution in [2.24, 2.45) is 0 Å². The van der Waals surface area contributed by atoms with Gasteiger partial charge in [0.2, 0.25) is 0 Å². The first-order valence-corrected chi connectivity index (χ1v) is 6.20. The summed E-state index contributed by atoms with van der Waals surface area (Å²) in [4.78, 5) is 22.4. The maximum Gasteiger partial charge on any atom is 0.327 e. The third-order valence-electron chi connectivity index (χ3n) is 2.02. The first kappa shape index (κ1) is 12.9. The van der Waals surface area contributed by atoms with E-state index < -0.39 is 33.7 Å². The minimum atomic E-state index is -4.65. The molecule has 1 fully saturated rings. The van der Waals surface area contributed by atoms with E-state index in [1.807, 2.05) is 0 Å². The van der Waals surface area contributed by atoms with Crippen LogP contribution in [0.25, 0.3) is 0 Å². The molecule has 0 bridgehead atoms. The lowest BCUT2D eigenvalue weighted by atomic mass is 10.3. The lowest BCUT2D eigenvalue weighted by molar-refractivity contribution is -0.151. The van der Waals surface area contributed by atoms with Crippen molar-refractivity contribution in [3.05, 3.63) is 0 Å². The number of rotatable bonds is 1. The molecule has 1 aliphatic rings. The van der Waals surface area contributed by atoms with Crippen molar-refractivity contribution < 1.29 is 32.0 Å². The van der Waals surface area contributed by atoms with Gasteiger partial charge in [0.1, 0.15) is 0 Å². The maximum absolute atomic E-state index is 11.3. The van der Waals surface area contributed by atoms with E-state index in [0.717, 1.165) is 0 Å². The number of carbonyl (C=O) groups excluding carboxylic acids is 2. The summed E-state index contributed by atoms with van der Waals surface area (Å²) in [5.74, 6) is -1.97. The van der Waals surface area contributed by atoms with E-state index in [9.17, 15) is 18.0 Å². The Balaban J connectivity index is 2.82. The molecule has 0 aliphatic carbocycles. The van der Waals surface area contributed by atoms with Crippen molar-refractivity contribution in [2.45, 2.75) is 24.5 Å². The number of carbonyl (C=O) groups is 2. The fraction of sp³-hybridized carbons (Fsp3) is 0.750. The van der Waals surface area contributed by atoms with Gasteiger partial charge >= 0.3 is 11.9 Å². The highest BCUT2D eigenvalue weighted by molar-refractivity contribution is 7.87. The lowest BCUT2D eigenvalue weighted by Crippen LogP contribution is -2.35. The van der Waals surface area contributed by atoms with Crippen LogP contribution in [0.3, 0.4) is 0 Å². The molecule has 92 valence electrons. The standard InChI is InChI=1S/C8H12O7S/c9-7-5-6(16(11,12)13)8(10)15-4-2-1-3-14-7/h6H,1-5H2,(H,11,12,13). The highest BCUT2D eigenvalue weighted by Gasteiger charge is 2.35. The van der Waals surface area contributed by atoms with E-state index >= 15 is 0 Å². The van der Waals surface area contributed by atoms with Gasteiger partial charge < -0.3 is 9.47 Å². The summed E-state index contributed by atoms with van der Waals surface area (Å²) in [5, 5.41) is -1.89. The molecule has 0 aromatic rings. The van der Waals surface area contributed by atoms with Crippen LogP contribution in [0, 0.1) is 0 Å². The summed E-state index contributed by atoms with van der Waals surface area (Å²) in [6.07, 6.45) is 0.282. The van der Waals surface area contributed by atoms with Gasteiger partial charge in [0.15, 0.2) is 5.25 Å². The number of esters is 2. The summed E-state index contributed by atoms with van der Waals surface area (Å²) < 4.78 is 39.8. The molecule has 0 amide bonds. The quantitative estimate of drug-likeness (QED) is 0.495.